The summed E-state index contributed by atoms with van der Waals surface area (Å²) in [5, 5.41) is 0. The van der Waals surface area contributed by atoms with Crippen molar-refractivity contribution in [1.29, 1.82) is 0 Å². The molecule has 1 spiro atoms. The molecule has 0 aliphatic heterocycles. The first-order valence-corrected chi connectivity index (χ1v) is 9.64. The molecular weight excluding hydrogens is 330 g/mol. The van der Waals surface area contributed by atoms with Gasteiger partial charge in [0.25, 0.3) is 0 Å². The van der Waals surface area contributed by atoms with Gasteiger partial charge in [-0.15, -0.1) is 0 Å². The Morgan fingerprint density at radius 2 is 1.65 bits per heavy atom. The second-order valence-electron chi connectivity index (χ2n) is 8.34. The van der Waals surface area contributed by atoms with Crippen LogP contribution in [0.3, 0.4) is 0 Å². The average molecular weight is 357 g/mol. The molecule has 0 radical (unpaired) electrons. The zero-order chi connectivity index (χ0) is 18.3. The number of carbonyl (C=O) groups excluding carboxylic acids is 2. The number of hydrogen-bond acceptors (Lipinski definition) is 5. The van der Waals surface area contributed by atoms with Crippen molar-refractivity contribution in [2.24, 2.45) is 11.3 Å². The van der Waals surface area contributed by atoms with Crippen LogP contribution in [0.4, 0.5) is 0 Å². The van der Waals surface area contributed by atoms with Gasteiger partial charge in [0.1, 0.15) is 23.2 Å². The van der Waals surface area contributed by atoms with Gasteiger partial charge in [0.2, 0.25) is 0 Å². The second-order valence-corrected chi connectivity index (χ2v) is 8.34. The van der Waals surface area contributed by atoms with Crippen molar-refractivity contribution in [3.05, 3.63) is 29.3 Å². The lowest BCUT2D eigenvalue weighted by Crippen LogP contribution is -2.42. The van der Waals surface area contributed by atoms with E-state index in [1.165, 1.54) is 0 Å². The minimum Gasteiger partial charge on any atom is -0.412 e. The fourth-order valence-electron chi connectivity index (χ4n) is 4.97. The van der Waals surface area contributed by atoms with E-state index in [1.807, 2.05) is 12.1 Å². The third-order valence-electron chi connectivity index (χ3n) is 6.59. The molecular formula is C21H27NO4. The van der Waals surface area contributed by atoms with Gasteiger partial charge in [-0.25, -0.2) is 0 Å². The van der Waals surface area contributed by atoms with Crippen LogP contribution in [0.1, 0.15) is 74.3 Å². The van der Waals surface area contributed by atoms with Crippen molar-refractivity contribution >= 4 is 11.6 Å². The van der Waals surface area contributed by atoms with Gasteiger partial charge in [0.15, 0.2) is 0 Å². The predicted octanol–water partition coefficient (Wildman–Crippen LogP) is 3.41. The Morgan fingerprint density at radius 3 is 2.19 bits per heavy atom. The molecule has 3 saturated carbocycles. The van der Waals surface area contributed by atoms with Crippen LogP contribution in [0, 0.1) is 5.41 Å². The maximum atomic E-state index is 13.1. The van der Waals surface area contributed by atoms with Gasteiger partial charge in [-0.05, 0) is 73.1 Å². The molecule has 26 heavy (non-hydrogen) atoms. The summed E-state index contributed by atoms with van der Waals surface area (Å²) in [7, 11) is 1.74. The molecule has 4 rings (SSSR count). The van der Waals surface area contributed by atoms with Crippen LogP contribution in [0.5, 0.6) is 5.75 Å². The number of carbonyl (C=O) groups is 2. The number of nitrogens with two attached hydrogens (primary N) is 1. The van der Waals surface area contributed by atoms with Crippen LogP contribution in [-0.4, -0.2) is 24.8 Å². The van der Waals surface area contributed by atoms with E-state index in [2.05, 4.69) is 0 Å². The van der Waals surface area contributed by atoms with Gasteiger partial charge >= 0.3 is 0 Å². The normalized spacial score (nSPS) is 32.1. The third-order valence-corrected chi connectivity index (χ3v) is 6.59. The molecule has 0 bridgehead atoms. The topological polar surface area (TPSA) is 78.6 Å². The zero-order valence-corrected chi connectivity index (χ0v) is 15.3. The lowest BCUT2D eigenvalue weighted by Gasteiger charge is -2.43. The largest absolute Gasteiger partial charge is 0.412 e. The van der Waals surface area contributed by atoms with E-state index in [0.29, 0.717) is 24.5 Å². The number of hydrogen-bond donors (Lipinski definition) is 1. The molecule has 0 heterocycles. The van der Waals surface area contributed by atoms with Crippen LogP contribution >= 0.6 is 0 Å². The van der Waals surface area contributed by atoms with Crippen molar-refractivity contribution in [3.63, 3.8) is 0 Å². The summed E-state index contributed by atoms with van der Waals surface area (Å²) in [4.78, 5) is 31.1. The Morgan fingerprint density at radius 1 is 1.00 bits per heavy atom. The number of rotatable bonds is 4. The minimum absolute atomic E-state index is 0.0631. The molecule has 3 fully saturated rings. The molecule has 3 aliphatic rings. The number of ketones is 2. The Labute approximate surface area is 154 Å². The highest BCUT2D eigenvalue weighted by atomic mass is 16.6. The van der Waals surface area contributed by atoms with Crippen molar-refractivity contribution in [2.45, 2.75) is 69.3 Å². The van der Waals surface area contributed by atoms with Crippen LogP contribution in [-0.2, 0) is 14.3 Å². The SMILES string of the molecule is COC1CCC2(CC1)CC(=O)C(c1cc(ON)ccc1C1CC1)C(=O)C2. The third kappa shape index (κ3) is 3.19. The van der Waals surface area contributed by atoms with E-state index < -0.39 is 5.92 Å². The molecule has 0 amide bonds. The summed E-state index contributed by atoms with van der Waals surface area (Å²) in [5.74, 6) is 5.76. The van der Waals surface area contributed by atoms with Crippen LogP contribution < -0.4 is 10.7 Å². The van der Waals surface area contributed by atoms with Crippen LogP contribution in [0.15, 0.2) is 18.2 Å². The fraction of sp³-hybridized carbons (Fsp3) is 0.619. The van der Waals surface area contributed by atoms with E-state index in [-0.39, 0.29) is 23.1 Å². The molecule has 0 aromatic heterocycles. The van der Waals surface area contributed by atoms with E-state index in [1.54, 1.807) is 13.2 Å². The highest BCUT2D eigenvalue weighted by molar-refractivity contribution is 6.10. The molecule has 0 atom stereocenters. The summed E-state index contributed by atoms with van der Waals surface area (Å²) in [5.41, 5.74) is 1.80. The summed E-state index contributed by atoms with van der Waals surface area (Å²) in [6, 6.07) is 5.60. The first-order chi connectivity index (χ1) is 12.5. The predicted molar refractivity (Wildman–Crippen MR) is 96.9 cm³/mol. The summed E-state index contributed by atoms with van der Waals surface area (Å²) < 4.78 is 5.45. The van der Waals surface area contributed by atoms with Gasteiger partial charge in [-0.3, -0.25) is 9.59 Å². The lowest BCUT2D eigenvalue weighted by atomic mass is 9.61. The number of Topliss-reactive ketones (excluding diaryl/α,β-unsaturated/α-hetero) is 2. The molecule has 2 N–H and O–H groups in total. The fourth-order valence-corrected chi connectivity index (χ4v) is 4.97. The standard InChI is InChI=1S/C21H27NO4/c1-25-14-6-8-21(9-7-14)11-18(23)20(19(24)12-21)17-10-15(26-22)4-5-16(17)13-2-3-13/h4-5,10,13-14,20H,2-3,6-9,11-12,22H2,1H3. The number of methoxy groups -OCH3 is 1. The van der Waals surface area contributed by atoms with Crippen molar-refractivity contribution < 1.29 is 19.2 Å². The maximum Gasteiger partial charge on any atom is 0.148 e. The van der Waals surface area contributed by atoms with E-state index in [4.69, 9.17) is 15.5 Å². The molecule has 1 aromatic carbocycles. The monoisotopic (exact) mass is 357 g/mol. The van der Waals surface area contributed by atoms with E-state index in [0.717, 1.165) is 49.7 Å². The molecule has 140 valence electrons. The smallest absolute Gasteiger partial charge is 0.148 e. The molecule has 5 nitrogen and oxygen atoms in total. The van der Waals surface area contributed by atoms with E-state index >= 15 is 0 Å². The van der Waals surface area contributed by atoms with Crippen molar-refractivity contribution in [2.75, 3.05) is 7.11 Å². The minimum atomic E-state index is -0.647. The Balaban J connectivity index is 1.60. The summed E-state index contributed by atoms with van der Waals surface area (Å²) in [6.45, 7) is 0. The van der Waals surface area contributed by atoms with Crippen molar-refractivity contribution in [1.82, 2.24) is 0 Å². The summed E-state index contributed by atoms with van der Waals surface area (Å²) in [6.07, 6.45) is 7.17. The quantitative estimate of drug-likeness (QED) is 0.660. The summed E-state index contributed by atoms with van der Waals surface area (Å²) >= 11 is 0. The van der Waals surface area contributed by atoms with Gasteiger partial charge in [-0.2, -0.15) is 5.90 Å². The van der Waals surface area contributed by atoms with Gasteiger partial charge in [0.05, 0.1) is 6.10 Å². The lowest BCUT2D eigenvalue weighted by molar-refractivity contribution is -0.138. The van der Waals surface area contributed by atoms with Crippen molar-refractivity contribution in [3.8, 4) is 5.75 Å². The van der Waals surface area contributed by atoms with Crippen LogP contribution in [0.2, 0.25) is 0 Å². The Hall–Kier alpha value is -1.72. The van der Waals surface area contributed by atoms with Gasteiger partial charge < -0.3 is 9.57 Å². The van der Waals surface area contributed by atoms with Crippen LogP contribution in [0.25, 0.3) is 0 Å². The molecule has 1 aromatic rings. The van der Waals surface area contributed by atoms with Gasteiger partial charge in [-0.1, -0.05) is 6.07 Å². The molecule has 5 heteroatoms. The average Bonchev–Trinajstić information content (AvgIpc) is 3.46. The Kier molecular flexibility index (Phi) is 4.61. The molecule has 3 aliphatic carbocycles. The number of benzene rings is 1. The Bertz CT molecular complexity index is 697. The highest BCUT2D eigenvalue weighted by Crippen LogP contribution is 2.51. The second kappa shape index (κ2) is 6.78. The maximum absolute atomic E-state index is 13.1. The zero-order valence-electron chi connectivity index (χ0n) is 15.3. The first kappa shape index (κ1) is 17.7. The van der Waals surface area contributed by atoms with Gasteiger partial charge in [0, 0.05) is 20.0 Å². The molecule has 0 unspecified atom stereocenters. The van der Waals surface area contributed by atoms with E-state index in [9.17, 15) is 9.59 Å². The molecule has 0 saturated heterocycles. The number of ether oxygens (including phenoxy) is 1. The highest BCUT2D eigenvalue weighted by Gasteiger charge is 2.48. The first-order valence-electron chi connectivity index (χ1n) is 9.64.